The SMILES string of the molecule is CC1(C)C2CC/C(=N\O)C1C2. The van der Waals surface area contributed by atoms with Crippen molar-refractivity contribution < 1.29 is 5.21 Å². The van der Waals surface area contributed by atoms with Crippen LogP contribution in [0.5, 0.6) is 0 Å². The van der Waals surface area contributed by atoms with Crippen LogP contribution in [-0.4, -0.2) is 10.9 Å². The molecule has 0 saturated heterocycles. The van der Waals surface area contributed by atoms with Crippen molar-refractivity contribution in [3.63, 3.8) is 0 Å². The van der Waals surface area contributed by atoms with Crippen molar-refractivity contribution in [3.8, 4) is 0 Å². The molecule has 62 valence electrons. The van der Waals surface area contributed by atoms with Gasteiger partial charge in [-0.2, -0.15) is 0 Å². The molecule has 0 aliphatic heterocycles. The third-order valence-electron chi connectivity index (χ3n) is 3.75. The lowest BCUT2D eigenvalue weighted by molar-refractivity contribution is -0.000989. The summed E-state index contributed by atoms with van der Waals surface area (Å²) in [5.41, 5.74) is 1.46. The van der Waals surface area contributed by atoms with Gasteiger partial charge in [-0.3, -0.25) is 0 Å². The molecule has 0 aromatic rings. The van der Waals surface area contributed by atoms with Gasteiger partial charge in [0.15, 0.2) is 0 Å². The molecular formula is C9H15NO. The molecule has 0 radical (unpaired) electrons. The van der Waals surface area contributed by atoms with Gasteiger partial charge in [0.2, 0.25) is 0 Å². The third kappa shape index (κ3) is 0.754. The lowest BCUT2D eigenvalue weighted by Crippen LogP contribution is -2.52. The molecular weight excluding hydrogens is 138 g/mol. The Labute approximate surface area is 67.3 Å². The van der Waals surface area contributed by atoms with Gasteiger partial charge < -0.3 is 5.21 Å². The van der Waals surface area contributed by atoms with Crippen LogP contribution in [0.4, 0.5) is 0 Å². The number of fused-ring (bicyclic) bond motifs is 2. The molecule has 2 nitrogen and oxygen atoms in total. The van der Waals surface area contributed by atoms with E-state index in [4.69, 9.17) is 5.21 Å². The van der Waals surface area contributed by atoms with Crippen LogP contribution >= 0.6 is 0 Å². The highest BCUT2D eigenvalue weighted by atomic mass is 16.4. The lowest BCUT2D eigenvalue weighted by atomic mass is 9.48. The van der Waals surface area contributed by atoms with Crippen molar-refractivity contribution >= 4 is 5.71 Å². The highest BCUT2D eigenvalue weighted by Gasteiger charge is 2.53. The van der Waals surface area contributed by atoms with Crippen LogP contribution in [0.1, 0.15) is 33.1 Å². The van der Waals surface area contributed by atoms with Crippen LogP contribution in [-0.2, 0) is 0 Å². The number of nitrogens with zero attached hydrogens (tertiary/aromatic N) is 1. The van der Waals surface area contributed by atoms with Crippen molar-refractivity contribution in [2.45, 2.75) is 33.1 Å². The average Bonchev–Trinajstić information content (AvgIpc) is 2.04. The zero-order chi connectivity index (χ0) is 8.06. The van der Waals surface area contributed by atoms with Crippen molar-refractivity contribution in [1.29, 1.82) is 0 Å². The summed E-state index contributed by atoms with van der Waals surface area (Å²) in [5, 5.41) is 12.1. The summed E-state index contributed by atoms with van der Waals surface area (Å²) in [6, 6.07) is 0. The maximum atomic E-state index is 8.71. The first-order valence-electron chi connectivity index (χ1n) is 4.37. The number of rotatable bonds is 0. The zero-order valence-electron chi connectivity index (χ0n) is 7.17. The summed E-state index contributed by atoms with van der Waals surface area (Å²) in [6.07, 6.45) is 3.50. The van der Waals surface area contributed by atoms with Gasteiger partial charge in [-0.1, -0.05) is 19.0 Å². The summed E-state index contributed by atoms with van der Waals surface area (Å²) < 4.78 is 0. The van der Waals surface area contributed by atoms with Gasteiger partial charge in [0.05, 0.1) is 5.71 Å². The van der Waals surface area contributed by atoms with Gasteiger partial charge in [0.25, 0.3) is 0 Å². The minimum atomic E-state index is 0.416. The van der Waals surface area contributed by atoms with Crippen molar-refractivity contribution in [3.05, 3.63) is 0 Å². The first-order valence-corrected chi connectivity index (χ1v) is 4.37. The molecule has 3 aliphatic rings. The van der Waals surface area contributed by atoms with E-state index in [1.165, 1.54) is 12.8 Å². The predicted octanol–water partition coefficient (Wildman–Crippen LogP) is 2.27. The van der Waals surface area contributed by atoms with E-state index in [1.54, 1.807) is 0 Å². The molecule has 0 aromatic heterocycles. The fraction of sp³-hybridized carbons (Fsp3) is 0.889. The van der Waals surface area contributed by atoms with E-state index in [2.05, 4.69) is 19.0 Å². The summed E-state index contributed by atoms with van der Waals surface area (Å²) in [6.45, 7) is 4.58. The molecule has 0 amide bonds. The van der Waals surface area contributed by atoms with E-state index < -0.39 is 0 Å². The Morgan fingerprint density at radius 1 is 1.55 bits per heavy atom. The molecule has 0 spiro atoms. The van der Waals surface area contributed by atoms with E-state index in [0.717, 1.165) is 18.1 Å². The van der Waals surface area contributed by atoms with E-state index in [1.807, 2.05) is 0 Å². The monoisotopic (exact) mass is 153 g/mol. The standard InChI is InChI=1S/C9H15NO/c1-9(2)6-3-4-8(10-11)7(9)5-6/h6-7,11H,3-5H2,1-2H3/b10-8+. The molecule has 2 bridgehead atoms. The van der Waals surface area contributed by atoms with Gasteiger partial charge in [-0.15, -0.1) is 0 Å². The molecule has 1 N–H and O–H groups in total. The maximum absolute atomic E-state index is 8.71. The largest absolute Gasteiger partial charge is 0.411 e. The molecule has 3 saturated carbocycles. The summed E-state index contributed by atoms with van der Waals surface area (Å²) in [5.74, 6) is 1.46. The lowest BCUT2D eigenvalue weighted by Gasteiger charge is -2.56. The second kappa shape index (κ2) is 1.99. The molecule has 2 atom stereocenters. The Hall–Kier alpha value is -0.530. The highest BCUT2D eigenvalue weighted by Crippen LogP contribution is 2.57. The van der Waals surface area contributed by atoms with Crippen LogP contribution in [0.3, 0.4) is 0 Å². The fourth-order valence-electron chi connectivity index (χ4n) is 2.69. The van der Waals surface area contributed by atoms with E-state index in [0.29, 0.717) is 11.3 Å². The predicted molar refractivity (Wildman–Crippen MR) is 43.8 cm³/mol. The Kier molecular flexibility index (Phi) is 1.29. The van der Waals surface area contributed by atoms with Gasteiger partial charge in [0, 0.05) is 5.92 Å². The maximum Gasteiger partial charge on any atom is 0.0607 e. The molecule has 0 aromatic carbocycles. The Morgan fingerprint density at radius 2 is 2.27 bits per heavy atom. The minimum Gasteiger partial charge on any atom is -0.411 e. The topological polar surface area (TPSA) is 32.6 Å². The smallest absolute Gasteiger partial charge is 0.0607 e. The fourth-order valence-corrected chi connectivity index (χ4v) is 2.69. The summed E-state index contributed by atoms with van der Waals surface area (Å²) in [4.78, 5) is 0. The Bertz CT molecular complexity index is 206. The Balaban J connectivity index is 2.23. The van der Waals surface area contributed by atoms with Crippen LogP contribution in [0.15, 0.2) is 5.16 Å². The minimum absolute atomic E-state index is 0.416. The Morgan fingerprint density at radius 3 is 2.64 bits per heavy atom. The summed E-state index contributed by atoms with van der Waals surface area (Å²) in [7, 11) is 0. The number of hydrogen-bond donors (Lipinski definition) is 1. The first kappa shape index (κ1) is 7.14. The second-order valence-corrected chi connectivity index (χ2v) is 4.44. The number of oxime groups is 1. The van der Waals surface area contributed by atoms with Crippen LogP contribution in [0.2, 0.25) is 0 Å². The molecule has 3 rings (SSSR count). The average molecular weight is 153 g/mol. The zero-order valence-corrected chi connectivity index (χ0v) is 7.17. The summed E-state index contributed by atoms with van der Waals surface area (Å²) >= 11 is 0. The van der Waals surface area contributed by atoms with E-state index >= 15 is 0 Å². The van der Waals surface area contributed by atoms with Crippen molar-refractivity contribution in [2.75, 3.05) is 0 Å². The first-order chi connectivity index (χ1) is 5.16. The normalized spacial score (nSPS) is 43.6. The van der Waals surface area contributed by atoms with E-state index in [-0.39, 0.29) is 0 Å². The van der Waals surface area contributed by atoms with Crippen LogP contribution in [0, 0.1) is 17.3 Å². The molecule has 11 heavy (non-hydrogen) atoms. The van der Waals surface area contributed by atoms with Crippen LogP contribution < -0.4 is 0 Å². The molecule has 2 heteroatoms. The van der Waals surface area contributed by atoms with Gasteiger partial charge in [0.1, 0.15) is 0 Å². The highest BCUT2D eigenvalue weighted by molar-refractivity contribution is 5.89. The van der Waals surface area contributed by atoms with Crippen LogP contribution in [0.25, 0.3) is 0 Å². The van der Waals surface area contributed by atoms with E-state index in [9.17, 15) is 0 Å². The molecule has 3 aliphatic carbocycles. The number of hydrogen-bond acceptors (Lipinski definition) is 2. The quantitative estimate of drug-likeness (QED) is 0.420. The van der Waals surface area contributed by atoms with Gasteiger partial charge >= 0.3 is 0 Å². The van der Waals surface area contributed by atoms with Gasteiger partial charge in [-0.05, 0) is 30.6 Å². The third-order valence-corrected chi connectivity index (χ3v) is 3.75. The van der Waals surface area contributed by atoms with Crippen molar-refractivity contribution in [2.24, 2.45) is 22.4 Å². The molecule has 0 heterocycles. The molecule has 3 fully saturated rings. The van der Waals surface area contributed by atoms with Crippen molar-refractivity contribution in [1.82, 2.24) is 0 Å². The van der Waals surface area contributed by atoms with Gasteiger partial charge in [-0.25, -0.2) is 0 Å². The molecule has 2 unspecified atom stereocenters. The second-order valence-electron chi connectivity index (χ2n) is 4.44.